The molecular weight excluding hydrogens is 925 g/mol. The van der Waals surface area contributed by atoms with Gasteiger partial charge >= 0.3 is 0 Å². The van der Waals surface area contributed by atoms with E-state index >= 15 is 0 Å². The summed E-state index contributed by atoms with van der Waals surface area (Å²) >= 11 is 0. The van der Waals surface area contributed by atoms with Crippen LogP contribution < -0.4 is 4.90 Å². The van der Waals surface area contributed by atoms with Crippen molar-refractivity contribution in [1.29, 1.82) is 0 Å². The molecule has 2 heterocycles. The minimum absolute atomic E-state index is 0.0153. The van der Waals surface area contributed by atoms with Gasteiger partial charge in [-0.05, 0) is 170 Å². The highest BCUT2D eigenvalue weighted by Crippen LogP contribution is 2.46. The molecule has 0 aliphatic heterocycles. The van der Waals surface area contributed by atoms with Crippen LogP contribution in [0.1, 0.15) is 138 Å². The number of allylic oxidation sites excluding steroid dienone is 3. The van der Waals surface area contributed by atoms with Gasteiger partial charge in [0.15, 0.2) is 0 Å². The predicted octanol–water partition coefficient (Wildman–Crippen LogP) is 19.4. The molecule has 9 aromatic rings. The molecule has 0 radical (unpaired) electrons. The summed E-state index contributed by atoms with van der Waals surface area (Å²) < 4.78 is 2.23. The van der Waals surface area contributed by atoms with Gasteiger partial charge in [-0.2, -0.15) is 0 Å². The van der Waals surface area contributed by atoms with Gasteiger partial charge in [0.2, 0.25) is 0 Å². The maximum absolute atomic E-state index is 12.5. The molecule has 1 unspecified atom stereocenters. The van der Waals surface area contributed by atoms with Gasteiger partial charge in [0, 0.05) is 46.0 Å². The van der Waals surface area contributed by atoms with Crippen molar-refractivity contribution in [3.05, 3.63) is 204 Å². The number of phenolic OH excluding ortho intramolecular Hbond substituents is 1. The monoisotopic (exact) mass is 1000 g/mol. The molecule has 0 bridgehead atoms. The molecule has 388 valence electrons. The fraction of sp³-hybridized carbons (Fsp3) is 0.296. The molecule has 2 aromatic heterocycles. The molecule has 0 amide bonds. The standard InChI is InChI=1S/C71H78N4O/c1-17-45(3)74(55-25-21-19-22-26-55)46(4)57(18-2)48-35-36-72-62(41-48)51-37-50(39-53(40-51)69(8,9)10)60-43-54(70(11,12)13)44-63-66(60)73-67(75(63)56-27-23-20-24-28-56)59-32-29-49(42-64(59)76)65-58-33-31-52(68(5,6)7)38-47(58)30-34-61(65)71(14,15)16/h18-45,76H,2,17H2,1,3-16H3/b57-46-. The number of hydrogen-bond donors (Lipinski definition) is 1. The highest BCUT2D eigenvalue weighted by atomic mass is 16.3. The van der Waals surface area contributed by atoms with Gasteiger partial charge in [-0.3, -0.25) is 9.55 Å². The number of aromatic nitrogens is 3. The number of anilines is 1. The zero-order valence-electron chi connectivity index (χ0n) is 47.8. The van der Waals surface area contributed by atoms with Gasteiger partial charge in [-0.25, -0.2) is 4.98 Å². The first kappa shape index (κ1) is 53.3. The van der Waals surface area contributed by atoms with Crippen LogP contribution in [0.15, 0.2) is 176 Å². The van der Waals surface area contributed by atoms with Crippen LogP contribution in [0.5, 0.6) is 5.75 Å². The summed E-state index contributed by atoms with van der Waals surface area (Å²) in [5.74, 6) is 0.844. The second-order valence-electron chi connectivity index (χ2n) is 25.0. The number of benzene rings is 7. The number of aromatic hydroxyl groups is 1. The highest BCUT2D eigenvalue weighted by molar-refractivity contribution is 6.01. The number of para-hydroxylation sites is 2. The SMILES string of the molecule is C=C/C(=C(\C)N(c1ccccc1)C(C)CC)c1ccnc(-c2cc(-c3cc(C(C)(C)C)cc4c3nc(-c3ccc(-c5c(C(C)(C)C)ccc6cc(C(C)(C)C)ccc56)cc3O)n4-c3ccccc3)cc(C(C)(C)C)c2)c1. The number of pyridine rings is 1. The lowest BCUT2D eigenvalue weighted by atomic mass is 9.78. The van der Waals surface area contributed by atoms with Crippen molar-refractivity contribution in [2.24, 2.45) is 0 Å². The second-order valence-corrected chi connectivity index (χ2v) is 25.0. The summed E-state index contributed by atoms with van der Waals surface area (Å²) in [7, 11) is 0. The minimum Gasteiger partial charge on any atom is -0.507 e. The molecule has 76 heavy (non-hydrogen) atoms. The van der Waals surface area contributed by atoms with Crippen molar-refractivity contribution in [2.45, 2.75) is 138 Å². The van der Waals surface area contributed by atoms with E-state index in [9.17, 15) is 5.11 Å². The van der Waals surface area contributed by atoms with Gasteiger partial charge in [-0.1, -0.05) is 182 Å². The van der Waals surface area contributed by atoms with Crippen LogP contribution in [0.25, 0.3) is 78.0 Å². The average molecular weight is 1000 g/mol. The molecule has 0 aliphatic rings. The zero-order valence-corrected chi connectivity index (χ0v) is 47.8. The van der Waals surface area contributed by atoms with E-state index in [0.29, 0.717) is 11.4 Å². The topological polar surface area (TPSA) is 54.2 Å². The molecule has 7 aromatic carbocycles. The van der Waals surface area contributed by atoms with Crippen LogP contribution in [-0.4, -0.2) is 25.7 Å². The number of phenols is 1. The Kier molecular flexibility index (Phi) is 14.2. The molecule has 1 N–H and O–H groups in total. The first-order valence-corrected chi connectivity index (χ1v) is 27.2. The highest BCUT2D eigenvalue weighted by Gasteiger charge is 2.28. The van der Waals surface area contributed by atoms with E-state index in [1.54, 1.807) is 0 Å². The number of nitrogens with zero attached hydrogens (tertiary/aromatic N) is 4. The van der Waals surface area contributed by atoms with E-state index in [4.69, 9.17) is 9.97 Å². The summed E-state index contributed by atoms with van der Waals surface area (Å²) in [5, 5.41) is 14.9. The lowest BCUT2D eigenvalue weighted by Gasteiger charge is -2.33. The normalized spacial score (nSPS) is 13.2. The summed E-state index contributed by atoms with van der Waals surface area (Å²) in [6, 6.07) is 54.8. The van der Waals surface area contributed by atoms with E-state index in [-0.39, 0.29) is 33.5 Å². The molecule has 5 nitrogen and oxygen atoms in total. The van der Waals surface area contributed by atoms with Crippen molar-refractivity contribution in [2.75, 3.05) is 4.90 Å². The van der Waals surface area contributed by atoms with Crippen molar-refractivity contribution in [3.63, 3.8) is 0 Å². The average Bonchev–Trinajstić information content (AvgIpc) is 3.81. The van der Waals surface area contributed by atoms with Crippen LogP contribution in [0.4, 0.5) is 5.69 Å². The van der Waals surface area contributed by atoms with Crippen LogP contribution in [0.2, 0.25) is 0 Å². The third kappa shape index (κ3) is 10.4. The van der Waals surface area contributed by atoms with Crippen LogP contribution in [0, 0.1) is 0 Å². The lowest BCUT2D eigenvalue weighted by Crippen LogP contribution is -2.31. The third-order valence-corrected chi connectivity index (χ3v) is 15.4. The molecule has 5 heteroatoms. The smallest absolute Gasteiger partial charge is 0.149 e. The minimum atomic E-state index is -0.204. The largest absolute Gasteiger partial charge is 0.507 e. The Morgan fingerprint density at radius 1 is 0.632 bits per heavy atom. The maximum Gasteiger partial charge on any atom is 0.149 e. The number of hydrogen-bond acceptors (Lipinski definition) is 4. The summed E-state index contributed by atoms with van der Waals surface area (Å²) in [6.07, 6.45) is 4.91. The van der Waals surface area contributed by atoms with Crippen molar-refractivity contribution < 1.29 is 5.11 Å². The summed E-state index contributed by atoms with van der Waals surface area (Å²) in [5.41, 5.74) is 18.3. The fourth-order valence-electron chi connectivity index (χ4n) is 10.7. The lowest BCUT2D eigenvalue weighted by molar-refractivity contribution is 0.477. The van der Waals surface area contributed by atoms with E-state index in [0.717, 1.165) is 79.2 Å². The quantitative estimate of drug-likeness (QED) is 0.131. The number of rotatable bonds is 11. The Morgan fingerprint density at radius 2 is 1.28 bits per heavy atom. The van der Waals surface area contributed by atoms with Crippen LogP contribution in [-0.2, 0) is 21.7 Å². The molecule has 0 spiro atoms. The predicted molar refractivity (Wildman–Crippen MR) is 326 cm³/mol. The van der Waals surface area contributed by atoms with E-state index in [1.807, 2.05) is 24.4 Å². The maximum atomic E-state index is 12.5. The Bertz CT molecular complexity index is 3660. The van der Waals surface area contributed by atoms with Crippen molar-refractivity contribution in [3.8, 4) is 56.3 Å². The summed E-state index contributed by atoms with van der Waals surface area (Å²) in [6.45, 7) is 38.3. The first-order valence-electron chi connectivity index (χ1n) is 27.2. The van der Waals surface area contributed by atoms with Crippen molar-refractivity contribution >= 4 is 33.1 Å². The van der Waals surface area contributed by atoms with Gasteiger partial charge in [0.25, 0.3) is 0 Å². The molecule has 1 atom stereocenters. The second kappa shape index (κ2) is 20.2. The van der Waals surface area contributed by atoms with Crippen LogP contribution >= 0.6 is 0 Å². The number of imidazole rings is 1. The molecular formula is C71H78N4O. The summed E-state index contributed by atoms with van der Waals surface area (Å²) in [4.78, 5) is 13.2. The molecule has 0 saturated heterocycles. The van der Waals surface area contributed by atoms with E-state index in [2.05, 4.69) is 259 Å². The van der Waals surface area contributed by atoms with Crippen molar-refractivity contribution in [1.82, 2.24) is 14.5 Å². The Labute approximate surface area is 453 Å². The van der Waals surface area contributed by atoms with Gasteiger partial charge in [0.1, 0.15) is 11.6 Å². The van der Waals surface area contributed by atoms with Crippen LogP contribution in [0.3, 0.4) is 0 Å². The molecule has 9 rings (SSSR count). The molecule has 0 aliphatic carbocycles. The molecule has 0 saturated carbocycles. The first-order chi connectivity index (χ1) is 35.9. The van der Waals surface area contributed by atoms with Gasteiger partial charge < -0.3 is 10.0 Å². The third-order valence-electron chi connectivity index (χ3n) is 15.4. The molecule has 0 fully saturated rings. The Balaban J connectivity index is 1.26. The Morgan fingerprint density at radius 3 is 1.89 bits per heavy atom. The van der Waals surface area contributed by atoms with E-state index < -0.39 is 0 Å². The zero-order chi connectivity index (χ0) is 54.6. The Hall–Kier alpha value is -7.50. The number of fused-ring (bicyclic) bond motifs is 2. The van der Waals surface area contributed by atoms with Gasteiger partial charge in [0.05, 0.1) is 22.3 Å². The van der Waals surface area contributed by atoms with Gasteiger partial charge in [-0.15, -0.1) is 0 Å². The van der Waals surface area contributed by atoms with E-state index in [1.165, 1.54) is 33.0 Å². The fourth-order valence-corrected chi connectivity index (χ4v) is 10.7.